The van der Waals surface area contributed by atoms with Crippen molar-refractivity contribution < 1.29 is 0 Å². The Morgan fingerprint density at radius 3 is 1.53 bits per heavy atom. The lowest BCUT2D eigenvalue weighted by Crippen LogP contribution is -1.99. The molecule has 0 amide bonds. The fourth-order valence-electron chi connectivity index (χ4n) is 11.0. The number of para-hydroxylation sites is 4. The lowest BCUT2D eigenvalue weighted by molar-refractivity contribution is 1.16. The third kappa shape index (κ3) is 5.47. The maximum absolute atomic E-state index is 10.9. The molecule has 14 rings (SSSR count). The fourth-order valence-corrected chi connectivity index (χ4v) is 12.2. The molecule has 0 saturated carbocycles. The summed E-state index contributed by atoms with van der Waals surface area (Å²) in [5, 5.41) is 30.3. The zero-order chi connectivity index (χ0) is 45.0. The van der Waals surface area contributed by atoms with Gasteiger partial charge in [-0.05, 0) is 114 Å². The predicted molar refractivity (Wildman–Crippen MR) is 283 cm³/mol. The van der Waals surface area contributed by atoms with Gasteiger partial charge in [0, 0.05) is 75.1 Å². The minimum absolute atomic E-state index is 0.577. The third-order valence-electron chi connectivity index (χ3n) is 13.9. The molecule has 0 unspecified atom stereocenters. The molecule has 4 aromatic heterocycles. The first-order chi connectivity index (χ1) is 33.6. The number of benzene rings is 10. The summed E-state index contributed by atoms with van der Waals surface area (Å²) in [5.41, 5.74) is 14.7. The van der Waals surface area contributed by atoms with E-state index in [0.717, 1.165) is 82.9 Å². The van der Waals surface area contributed by atoms with Gasteiger partial charge in [-0.3, -0.25) is 0 Å². The lowest BCUT2D eigenvalue weighted by atomic mass is 9.94. The monoisotopic (exact) mass is 881 g/mol. The smallest absolute Gasteiger partial charge is 0.0998 e. The van der Waals surface area contributed by atoms with Crippen molar-refractivity contribution in [2.45, 2.75) is 0 Å². The molecule has 6 heteroatoms. The molecule has 0 aliphatic heterocycles. The Bertz CT molecular complexity index is 4490. The molecule has 0 aliphatic carbocycles. The van der Waals surface area contributed by atoms with Gasteiger partial charge in [-0.15, -0.1) is 11.3 Å². The molecule has 0 bridgehead atoms. The van der Waals surface area contributed by atoms with Gasteiger partial charge >= 0.3 is 0 Å². The van der Waals surface area contributed by atoms with E-state index in [1.165, 1.54) is 42.0 Å². The van der Waals surface area contributed by atoms with Gasteiger partial charge in [0.15, 0.2) is 0 Å². The van der Waals surface area contributed by atoms with Gasteiger partial charge in [-0.2, -0.15) is 10.5 Å². The van der Waals surface area contributed by atoms with Gasteiger partial charge in [0.25, 0.3) is 0 Å². The Morgan fingerprint density at radius 2 is 0.824 bits per heavy atom. The first-order valence-corrected chi connectivity index (χ1v) is 23.5. The zero-order valence-corrected chi connectivity index (χ0v) is 37.2. The lowest BCUT2D eigenvalue weighted by Gasteiger charge is -2.16. The maximum Gasteiger partial charge on any atom is 0.0998 e. The van der Waals surface area contributed by atoms with Crippen molar-refractivity contribution in [1.29, 1.82) is 10.5 Å². The highest BCUT2D eigenvalue weighted by Gasteiger charge is 2.21. The first-order valence-electron chi connectivity index (χ1n) is 22.7. The Kier molecular flexibility index (Phi) is 8.21. The van der Waals surface area contributed by atoms with Gasteiger partial charge in [-0.1, -0.05) is 115 Å². The highest BCUT2D eigenvalue weighted by molar-refractivity contribution is 7.26. The number of aromatic nitrogens is 3. The van der Waals surface area contributed by atoms with Crippen LogP contribution in [0, 0.1) is 22.7 Å². The summed E-state index contributed by atoms with van der Waals surface area (Å²) in [7, 11) is 0. The molecular weight excluding hydrogens is 847 g/mol. The summed E-state index contributed by atoms with van der Waals surface area (Å²) < 4.78 is 9.47. The number of nitriles is 2. The summed E-state index contributed by atoms with van der Waals surface area (Å²) >= 11 is 1.82. The summed E-state index contributed by atoms with van der Waals surface area (Å²) in [6.45, 7) is 0. The van der Waals surface area contributed by atoms with Crippen LogP contribution in [0.3, 0.4) is 0 Å². The largest absolute Gasteiger partial charge is 0.309 e. The Balaban J connectivity index is 1.04. The van der Waals surface area contributed by atoms with Crippen molar-refractivity contribution >= 4 is 96.9 Å². The standard InChI is InChI=1S/C62H35N5S/c63-36-38-27-28-42(66-57-24-9-4-18-51(57)61-39(37-64)13-11-25-59(61)66)34-52(38)41-31-40(45-19-12-20-50-49-17-5-10-26-60(49)68-62(45)50)32-44(33-41)67-56-23-8-3-16-48(56)53-35-43(29-30-58(53)67)65-54-21-6-1-14-46(54)47-15-2-7-22-55(47)65/h1-35H. The van der Waals surface area contributed by atoms with Crippen LogP contribution in [0.1, 0.15) is 11.1 Å². The van der Waals surface area contributed by atoms with Crippen LogP contribution in [0.15, 0.2) is 212 Å². The van der Waals surface area contributed by atoms with Crippen molar-refractivity contribution in [3.63, 3.8) is 0 Å². The third-order valence-corrected chi connectivity index (χ3v) is 15.1. The van der Waals surface area contributed by atoms with Gasteiger partial charge in [0.05, 0.1) is 56.4 Å². The average Bonchev–Trinajstić information content (AvgIpc) is 4.15. The fraction of sp³-hybridized carbons (Fsp3) is 0. The van der Waals surface area contributed by atoms with Crippen LogP contribution in [0.2, 0.25) is 0 Å². The molecule has 14 aromatic rings. The summed E-state index contributed by atoms with van der Waals surface area (Å²) in [5.74, 6) is 0. The van der Waals surface area contributed by atoms with E-state index in [-0.39, 0.29) is 0 Å². The summed E-state index contributed by atoms with van der Waals surface area (Å²) in [4.78, 5) is 0. The maximum atomic E-state index is 10.9. The van der Waals surface area contributed by atoms with Crippen LogP contribution in [0.5, 0.6) is 0 Å². The Morgan fingerprint density at radius 1 is 0.324 bits per heavy atom. The average molecular weight is 882 g/mol. The number of nitrogens with zero attached hydrogens (tertiary/aromatic N) is 5. The minimum atomic E-state index is 0.577. The molecule has 0 radical (unpaired) electrons. The molecule has 0 atom stereocenters. The van der Waals surface area contributed by atoms with E-state index in [1.807, 2.05) is 47.7 Å². The van der Waals surface area contributed by atoms with Gasteiger partial charge in [0.1, 0.15) is 0 Å². The predicted octanol–water partition coefficient (Wildman–Crippen LogP) is 16.4. The molecule has 4 heterocycles. The van der Waals surface area contributed by atoms with E-state index in [2.05, 4.69) is 202 Å². The summed E-state index contributed by atoms with van der Waals surface area (Å²) in [6.07, 6.45) is 0. The second kappa shape index (κ2) is 14.7. The van der Waals surface area contributed by atoms with Crippen molar-refractivity contribution in [2.24, 2.45) is 0 Å². The van der Waals surface area contributed by atoms with Gasteiger partial charge in [-0.25, -0.2) is 0 Å². The minimum Gasteiger partial charge on any atom is -0.309 e. The highest BCUT2D eigenvalue weighted by Crippen LogP contribution is 2.44. The Hall–Kier alpha value is -9.20. The van der Waals surface area contributed by atoms with Crippen LogP contribution in [0.25, 0.3) is 125 Å². The van der Waals surface area contributed by atoms with Crippen LogP contribution in [0.4, 0.5) is 0 Å². The number of fused-ring (bicyclic) bond motifs is 12. The molecule has 10 aromatic carbocycles. The number of rotatable bonds is 5. The van der Waals surface area contributed by atoms with Gasteiger partial charge in [0.2, 0.25) is 0 Å². The SMILES string of the molecule is N#Cc1ccc(-n2c3ccccc3c3c(C#N)cccc32)cc1-c1cc(-c2cccc3c2sc2ccccc23)cc(-n2c3ccccc3c3cc(-n4c5ccccc5c5ccccc54)ccc32)c1. The van der Waals surface area contributed by atoms with Crippen molar-refractivity contribution in [1.82, 2.24) is 13.7 Å². The molecule has 68 heavy (non-hydrogen) atoms. The molecule has 0 saturated heterocycles. The van der Waals surface area contributed by atoms with Crippen molar-refractivity contribution in [3.8, 4) is 51.5 Å². The van der Waals surface area contributed by atoms with E-state index < -0.39 is 0 Å². The quantitative estimate of drug-likeness (QED) is 0.173. The number of thiophene rings is 1. The molecule has 314 valence electrons. The molecule has 0 fully saturated rings. The van der Waals surface area contributed by atoms with Crippen molar-refractivity contribution in [3.05, 3.63) is 223 Å². The van der Waals surface area contributed by atoms with E-state index in [1.54, 1.807) is 0 Å². The van der Waals surface area contributed by atoms with Gasteiger partial charge < -0.3 is 13.7 Å². The molecule has 0 N–H and O–H groups in total. The molecule has 5 nitrogen and oxygen atoms in total. The molecule has 0 aliphatic rings. The number of hydrogen-bond donors (Lipinski definition) is 0. The van der Waals surface area contributed by atoms with E-state index in [4.69, 9.17) is 0 Å². The topological polar surface area (TPSA) is 62.4 Å². The second-order valence-corrected chi connectivity index (χ2v) is 18.5. The van der Waals surface area contributed by atoms with Crippen LogP contribution < -0.4 is 0 Å². The van der Waals surface area contributed by atoms with Crippen LogP contribution in [-0.4, -0.2) is 13.7 Å². The van der Waals surface area contributed by atoms with E-state index in [0.29, 0.717) is 11.1 Å². The van der Waals surface area contributed by atoms with E-state index >= 15 is 0 Å². The van der Waals surface area contributed by atoms with E-state index in [9.17, 15) is 10.5 Å². The molecular formula is C62H35N5S. The molecule has 0 spiro atoms. The van der Waals surface area contributed by atoms with Crippen molar-refractivity contribution in [2.75, 3.05) is 0 Å². The first kappa shape index (κ1) is 38.1. The van der Waals surface area contributed by atoms with Crippen LogP contribution >= 0.6 is 11.3 Å². The number of hydrogen-bond acceptors (Lipinski definition) is 3. The normalized spacial score (nSPS) is 11.8. The zero-order valence-electron chi connectivity index (χ0n) is 36.4. The summed E-state index contributed by atoms with van der Waals surface area (Å²) in [6, 6.07) is 80.2. The highest BCUT2D eigenvalue weighted by atomic mass is 32.1. The second-order valence-electron chi connectivity index (χ2n) is 17.5. The van der Waals surface area contributed by atoms with Crippen LogP contribution in [-0.2, 0) is 0 Å². The Labute approximate surface area is 394 Å².